The SMILES string of the molecule is Cn1c(SCc2cccc(Cl)c2)nc(=O)c2c1NC(=O)CC2c1cccc(F)c1F. The lowest BCUT2D eigenvalue weighted by atomic mass is 9.86. The number of carbonyl (C=O) groups excluding carboxylic acids is 1. The van der Waals surface area contributed by atoms with Crippen LogP contribution in [0.1, 0.15) is 29.0 Å². The third-order valence-corrected chi connectivity index (χ3v) is 6.25. The standard InChI is InChI=1S/C21H16ClF2N3O2S/c1-27-19-17(14(9-16(28)25-19)13-6-3-7-15(23)18(13)24)20(29)26-21(27)30-10-11-4-2-5-12(22)8-11/h2-8,14H,9-10H2,1H3,(H,25,28). The molecule has 1 atom stereocenters. The maximum Gasteiger partial charge on any atom is 0.279 e. The van der Waals surface area contributed by atoms with Crippen LogP contribution in [0, 0.1) is 11.6 Å². The van der Waals surface area contributed by atoms with Gasteiger partial charge in [0.15, 0.2) is 16.8 Å². The minimum absolute atomic E-state index is 0.0377. The Morgan fingerprint density at radius 2 is 2.00 bits per heavy atom. The normalized spacial score (nSPS) is 15.6. The molecule has 154 valence electrons. The van der Waals surface area contributed by atoms with E-state index in [1.165, 1.54) is 23.9 Å². The predicted octanol–water partition coefficient (Wildman–Crippen LogP) is 4.48. The highest BCUT2D eigenvalue weighted by Crippen LogP contribution is 2.37. The molecule has 0 fully saturated rings. The highest BCUT2D eigenvalue weighted by molar-refractivity contribution is 7.98. The average molecular weight is 448 g/mol. The summed E-state index contributed by atoms with van der Waals surface area (Å²) in [5.74, 6) is -2.64. The van der Waals surface area contributed by atoms with Crippen LogP contribution in [0.25, 0.3) is 0 Å². The number of thioether (sulfide) groups is 1. The summed E-state index contributed by atoms with van der Waals surface area (Å²) in [7, 11) is 1.66. The molecule has 0 saturated heterocycles. The van der Waals surface area contributed by atoms with Crippen LogP contribution in [-0.2, 0) is 17.6 Å². The second-order valence-corrected chi connectivity index (χ2v) is 8.27. The number of hydrogen-bond donors (Lipinski definition) is 1. The number of nitrogens with zero attached hydrogens (tertiary/aromatic N) is 2. The molecule has 0 radical (unpaired) electrons. The van der Waals surface area contributed by atoms with E-state index in [1.54, 1.807) is 17.7 Å². The monoisotopic (exact) mass is 447 g/mol. The number of nitrogens with one attached hydrogen (secondary N) is 1. The van der Waals surface area contributed by atoms with E-state index in [9.17, 15) is 18.4 Å². The van der Waals surface area contributed by atoms with Crippen LogP contribution in [0.4, 0.5) is 14.6 Å². The molecule has 2 heterocycles. The third-order valence-electron chi connectivity index (χ3n) is 4.91. The van der Waals surface area contributed by atoms with Gasteiger partial charge in [-0.15, -0.1) is 0 Å². The lowest BCUT2D eigenvalue weighted by Crippen LogP contribution is -2.34. The Morgan fingerprint density at radius 3 is 2.77 bits per heavy atom. The van der Waals surface area contributed by atoms with Crippen LogP contribution in [-0.4, -0.2) is 15.5 Å². The number of anilines is 1. The number of halogens is 3. The zero-order valence-electron chi connectivity index (χ0n) is 15.8. The highest BCUT2D eigenvalue weighted by Gasteiger charge is 2.34. The first-order valence-electron chi connectivity index (χ1n) is 9.07. The van der Waals surface area contributed by atoms with Gasteiger partial charge in [0, 0.05) is 30.2 Å². The van der Waals surface area contributed by atoms with Crippen molar-refractivity contribution in [1.82, 2.24) is 9.55 Å². The van der Waals surface area contributed by atoms with Crippen molar-refractivity contribution in [2.24, 2.45) is 7.05 Å². The molecule has 2 aromatic carbocycles. The average Bonchev–Trinajstić information content (AvgIpc) is 2.71. The molecule has 0 saturated carbocycles. The van der Waals surface area contributed by atoms with Crippen molar-refractivity contribution in [3.8, 4) is 0 Å². The van der Waals surface area contributed by atoms with Crippen LogP contribution < -0.4 is 10.9 Å². The Labute approximate surface area is 180 Å². The van der Waals surface area contributed by atoms with Gasteiger partial charge in [0.05, 0.1) is 5.56 Å². The van der Waals surface area contributed by atoms with Gasteiger partial charge in [-0.2, -0.15) is 4.98 Å². The van der Waals surface area contributed by atoms with Crippen molar-refractivity contribution in [2.75, 3.05) is 5.32 Å². The van der Waals surface area contributed by atoms with E-state index in [0.717, 1.165) is 11.6 Å². The van der Waals surface area contributed by atoms with Crippen molar-refractivity contribution in [3.05, 3.63) is 86.2 Å². The Balaban J connectivity index is 1.75. The molecule has 30 heavy (non-hydrogen) atoms. The number of benzene rings is 2. The largest absolute Gasteiger partial charge is 0.312 e. The molecule has 1 amide bonds. The van der Waals surface area contributed by atoms with Gasteiger partial charge >= 0.3 is 0 Å². The molecule has 0 bridgehead atoms. The molecule has 1 aromatic heterocycles. The summed E-state index contributed by atoms with van der Waals surface area (Å²) < 4.78 is 29.8. The fraction of sp³-hybridized carbons (Fsp3) is 0.190. The first-order chi connectivity index (χ1) is 14.3. The molecule has 4 rings (SSSR count). The molecule has 1 aliphatic rings. The zero-order valence-corrected chi connectivity index (χ0v) is 17.4. The highest BCUT2D eigenvalue weighted by atomic mass is 35.5. The molecular formula is C21H16ClF2N3O2S. The summed E-state index contributed by atoms with van der Waals surface area (Å²) in [5, 5.41) is 3.68. The number of carbonyl (C=O) groups is 1. The number of fused-ring (bicyclic) bond motifs is 1. The Morgan fingerprint density at radius 1 is 1.23 bits per heavy atom. The Bertz CT molecular complexity index is 1220. The van der Waals surface area contributed by atoms with Crippen molar-refractivity contribution in [3.63, 3.8) is 0 Å². The van der Waals surface area contributed by atoms with Crippen LogP contribution in [0.3, 0.4) is 0 Å². The van der Waals surface area contributed by atoms with Gasteiger partial charge in [-0.1, -0.05) is 47.6 Å². The number of rotatable bonds is 4. The number of aromatic nitrogens is 2. The quantitative estimate of drug-likeness (QED) is 0.473. The van der Waals surface area contributed by atoms with E-state index < -0.39 is 23.1 Å². The summed E-state index contributed by atoms with van der Waals surface area (Å²) >= 11 is 7.31. The minimum atomic E-state index is -1.07. The van der Waals surface area contributed by atoms with Gasteiger partial charge < -0.3 is 9.88 Å². The molecule has 0 aliphatic carbocycles. The van der Waals surface area contributed by atoms with Crippen molar-refractivity contribution in [2.45, 2.75) is 23.2 Å². The summed E-state index contributed by atoms with van der Waals surface area (Å²) in [6.07, 6.45) is -0.167. The fourth-order valence-corrected chi connectivity index (χ4v) is 4.61. The van der Waals surface area contributed by atoms with Gasteiger partial charge in [-0.05, 0) is 29.3 Å². The zero-order chi connectivity index (χ0) is 21.4. The van der Waals surface area contributed by atoms with E-state index in [-0.39, 0.29) is 29.3 Å². The van der Waals surface area contributed by atoms with Gasteiger partial charge in [0.2, 0.25) is 5.91 Å². The van der Waals surface area contributed by atoms with E-state index in [1.807, 2.05) is 18.2 Å². The van der Waals surface area contributed by atoms with E-state index in [4.69, 9.17) is 11.6 Å². The molecule has 1 aliphatic heterocycles. The predicted molar refractivity (Wildman–Crippen MR) is 112 cm³/mol. The Hall–Kier alpha value is -2.71. The topological polar surface area (TPSA) is 64.0 Å². The lowest BCUT2D eigenvalue weighted by Gasteiger charge is -2.27. The second-order valence-electron chi connectivity index (χ2n) is 6.89. The summed E-state index contributed by atoms with van der Waals surface area (Å²) in [5.41, 5.74) is 0.478. The van der Waals surface area contributed by atoms with Crippen molar-refractivity contribution >= 4 is 35.1 Å². The summed E-state index contributed by atoms with van der Waals surface area (Å²) in [6, 6.07) is 11.0. The minimum Gasteiger partial charge on any atom is -0.312 e. The van der Waals surface area contributed by atoms with E-state index in [2.05, 4.69) is 10.3 Å². The van der Waals surface area contributed by atoms with Gasteiger partial charge in [-0.3, -0.25) is 9.59 Å². The summed E-state index contributed by atoms with van der Waals surface area (Å²) in [6.45, 7) is 0. The first-order valence-corrected chi connectivity index (χ1v) is 10.4. The Kier molecular flexibility index (Phi) is 5.62. The smallest absolute Gasteiger partial charge is 0.279 e. The molecule has 0 spiro atoms. The van der Waals surface area contributed by atoms with Gasteiger partial charge in [-0.25, -0.2) is 8.78 Å². The molecular weight excluding hydrogens is 432 g/mol. The van der Waals surface area contributed by atoms with Crippen LogP contribution in [0.15, 0.2) is 52.4 Å². The van der Waals surface area contributed by atoms with Gasteiger partial charge in [0.25, 0.3) is 5.56 Å². The molecule has 5 nitrogen and oxygen atoms in total. The maximum absolute atomic E-state index is 14.4. The molecule has 3 aromatic rings. The summed E-state index contributed by atoms with van der Waals surface area (Å²) in [4.78, 5) is 29.3. The van der Waals surface area contributed by atoms with Crippen molar-refractivity contribution in [1.29, 1.82) is 0 Å². The molecule has 9 heteroatoms. The number of hydrogen-bond acceptors (Lipinski definition) is 4. The van der Waals surface area contributed by atoms with Crippen LogP contribution in [0.2, 0.25) is 5.02 Å². The maximum atomic E-state index is 14.4. The third kappa shape index (κ3) is 3.85. The van der Waals surface area contributed by atoms with Crippen LogP contribution >= 0.6 is 23.4 Å². The fourth-order valence-electron chi connectivity index (χ4n) is 3.49. The van der Waals surface area contributed by atoms with Crippen molar-refractivity contribution < 1.29 is 13.6 Å². The van der Waals surface area contributed by atoms with E-state index >= 15 is 0 Å². The van der Waals surface area contributed by atoms with Crippen LogP contribution in [0.5, 0.6) is 0 Å². The number of amides is 1. The molecule has 1 unspecified atom stereocenters. The van der Waals surface area contributed by atoms with E-state index in [0.29, 0.717) is 15.9 Å². The lowest BCUT2D eigenvalue weighted by molar-refractivity contribution is -0.116. The van der Waals surface area contributed by atoms with Gasteiger partial charge in [0.1, 0.15) is 5.82 Å². The first kappa shape index (κ1) is 20.6. The second kappa shape index (κ2) is 8.20. The molecule has 1 N–H and O–H groups in total.